The second-order valence-corrected chi connectivity index (χ2v) is 0.622. The first-order valence-electron chi connectivity index (χ1n) is 1.34. The Morgan fingerprint density at radius 1 is 1.83 bits per heavy atom. The van der Waals surface area contributed by atoms with E-state index < -0.39 is 0 Å². The maximum Gasteiger partial charge on any atom is 0.145 e. The molecule has 6 heavy (non-hydrogen) atoms. The number of hydrogen-bond donors (Lipinski definition) is 0. The van der Waals surface area contributed by atoms with Crippen LogP contribution in [0.15, 0.2) is 0 Å². The summed E-state index contributed by atoms with van der Waals surface area (Å²) in [4.78, 5) is 9.28. The number of aldehydes is 1. The minimum absolute atomic E-state index is 0. The number of rotatable bonds is 2. The molecule has 0 spiro atoms. The van der Waals surface area contributed by atoms with Crippen molar-refractivity contribution in [2.24, 2.45) is 0 Å². The van der Waals surface area contributed by atoms with Gasteiger partial charge in [-0.15, -0.1) is 0 Å². The van der Waals surface area contributed by atoms with Gasteiger partial charge >= 0.3 is 0 Å². The summed E-state index contributed by atoms with van der Waals surface area (Å²) in [5.41, 5.74) is 0. The second-order valence-electron chi connectivity index (χ2n) is 0.622. The minimum Gasteiger partial charge on any atom is -0.377 e. The summed E-state index contributed by atoms with van der Waals surface area (Å²) < 4.78 is 4.32. The van der Waals surface area contributed by atoms with Crippen LogP contribution in [0.4, 0.5) is 0 Å². The van der Waals surface area contributed by atoms with Crippen molar-refractivity contribution in [2.45, 2.75) is 0 Å². The van der Waals surface area contributed by atoms with Crippen LogP contribution in [0.2, 0.25) is 0 Å². The van der Waals surface area contributed by atoms with Gasteiger partial charge in [-0.05, 0) is 0 Å². The van der Waals surface area contributed by atoms with E-state index in [1.165, 1.54) is 7.11 Å². The van der Waals surface area contributed by atoms with Gasteiger partial charge in [-0.3, -0.25) is 0 Å². The van der Waals surface area contributed by atoms with Crippen molar-refractivity contribution in [3.05, 3.63) is 0 Å². The van der Waals surface area contributed by atoms with E-state index in [4.69, 9.17) is 0 Å². The van der Waals surface area contributed by atoms with Crippen LogP contribution >= 0.6 is 0 Å². The Hall–Kier alpha value is 1.01. The number of ether oxygens (including phenoxy) is 1. The molecule has 0 aromatic heterocycles. The van der Waals surface area contributed by atoms with Crippen LogP contribution in [-0.2, 0) is 9.53 Å². The fourth-order valence-electron chi connectivity index (χ4n) is 0.0680. The van der Waals surface area contributed by atoms with Gasteiger partial charge in [0.1, 0.15) is 12.9 Å². The molecule has 34 valence electrons. The minimum atomic E-state index is 0. The molecule has 0 aromatic carbocycles. The molecule has 0 amide bonds. The molecule has 0 aliphatic heterocycles. The van der Waals surface area contributed by atoms with Gasteiger partial charge in [-0.1, -0.05) is 0 Å². The molecule has 0 atom stereocenters. The Kier molecular flexibility index (Phi) is 15.8. The Labute approximate surface area is 70.6 Å². The molecule has 0 aromatic rings. The van der Waals surface area contributed by atoms with Crippen LogP contribution in [0.1, 0.15) is 0 Å². The maximum absolute atomic E-state index is 9.28. The van der Waals surface area contributed by atoms with Gasteiger partial charge in [0, 0.05) is 48.9 Å². The van der Waals surface area contributed by atoms with Gasteiger partial charge in [-0.25, -0.2) is 0 Å². The zero-order chi connectivity index (χ0) is 4.12. The molecule has 0 aliphatic rings. The molecule has 0 saturated carbocycles. The van der Waals surface area contributed by atoms with Crippen molar-refractivity contribution < 1.29 is 51.3 Å². The van der Waals surface area contributed by atoms with E-state index in [9.17, 15) is 4.79 Å². The van der Waals surface area contributed by atoms with Crippen molar-refractivity contribution in [1.29, 1.82) is 0 Å². The van der Waals surface area contributed by atoms with Crippen LogP contribution in [-0.4, -0.2) is 20.0 Å². The van der Waals surface area contributed by atoms with E-state index in [0.717, 1.165) is 0 Å². The monoisotopic (exact) mass is 214 g/mol. The standard InChI is InChI=1S/C3H6O2.Ce/c1-5-3-2-4;/h2H,3H2,1H3;. The second kappa shape index (κ2) is 9.38. The smallest absolute Gasteiger partial charge is 0.145 e. The van der Waals surface area contributed by atoms with E-state index in [-0.39, 0.29) is 48.4 Å². The summed E-state index contributed by atoms with van der Waals surface area (Å²) >= 11 is 0. The van der Waals surface area contributed by atoms with E-state index >= 15 is 0 Å². The predicted molar refractivity (Wildman–Crippen MR) is 17.9 cm³/mol. The first kappa shape index (κ1) is 10.1. The predicted octanol–water partition coefficient (Wildman–Crippen LogP) is -0.168. The quantitative estimate of drug-likeness (QED) is 0.597. The van der Waals surface area contributed by atoms with Gasteiger partial charge in [0.05, 0.1) is 0 Å². The Morgan fingerprint density at radius 3 is 2.33 bits per heavy atom. The van der Waals surface area contributed by atoms with Crippen molar-refractivity contribution in [2.75, 3.05) is 13.7 Å². The van der Waals surface area contributed by atoms with Gasteiger partial charge in [0.25, 0.3) is 0 Å². The molecule has 0 unspecified atom stereocenters. The Morgan fingerprint density at radius 2 is 2.33 bits per heavy atom. The topological polar surface area (TPSA) is 26.3 Å². The molecule has 0 heterocycles. The third-order valence-corrected chi connectivity index (χ3v) is 0.235. The summed E-state index contributed by atoms with van der Waals surface area (Å²) in [6.07, 6.45) is 0.708. The van der Waals surface area contributed by atoms with Crippen molar-refractivity contribution in [3.63, 3.8) is 0 Å². The van der Waals surface area contributed by atoms with E-state index in [1.807, 2.05) is 0 Å². The Bertz CT molecular complexity index is 30.0. The SMILES string of the molecule is COCC=O.[Ce]. The molecule has 2 nitrogen and oxygen atoms in total. The third kappa shape index (κ3) is 8.89. The first-order valence-corrected chi connectivity index (χ1v) is 1.34. The van der Waals surface area contributed by atoms with Crippen LogP contribution in [0.25, 0.3) is 0 Å². The maximum atomic E-state index is 9.28. The average molecular weight is 214 g/mol. The largest absolute Gasteiger partial charge is 0.377 e. The van der Waals surface area contributed by atoms with Crippen LogP contribution in [0.3, 0.4) is 0 Å². The average Bonchev–Trinajstić information content (AvgIpc) is 1.41. The summed E-state index contributed by atoms with van der Waals surface area (Å²) in [7, 11) is 1.48. The Balaban J connectivity index is 0. The fourth-order valence-corrected chi connectivity index (χ4v) is 0.0680. The first-order chi connectivity index (χ1) is 2.41. The molecular formula is C3H6CeO2. The molecule has 3 heteroatoms. The molecule has 0 aliphatic carbocycles. The number of hydrogen-bond acceptors (Lipinski definition) is 2. The number of carbonyl (C=O) groups excluding carboxylic acids is 1. The van der Waals surface area contributed by atoms with Gasteiger partial charge in [-0.2, -0.15) is 0 Å². The van der Waals surface area contributed by atoms with Crippen LogP contribution in [0.5, 0.6) is 0 Å². The van der Waals surface area contributed by atoms with Crippen LogP contribution < -0.4 is 0 Å². The summed E-state index contributed by atoms with van der Waals surface area (Å²) in [6, 6.07) is 0. The van der Waals surface area contributed by atoms with Crippen molar-refractivity contribution >= 4 is 6.29 Å². The van der Waals surface area contributed by atoms with Gasteiger partial charge in [0.15, 0.2) is 0 Å². The van der Waals surface area contributed by atoms with Crippen molar-refractivity contribution in [3.8, 4) is 0 Å². The molecule has 0 N–H and O–H groups in total. The normalized spacial score (nSPS) is 6.17. The fraction of sp³-hybridized carbons (Fsp3) is 0.667. The van der Waals surface area contributed by atoms with E-state index in [1.54, 1.807) is 0 Å². The summed E-state index contributed by atoms with van der Waals surface area (Å²) in [6.45, 7) is 0.208. The zero-order valence-electron chi connectivity index (χ0n) is 3.60. The molecule has 0 fully saturated rings. The zero-order valence-corrected chi connectivity index (χ0v) is 6.74. The number of methoxy groups -OCH3 is 1. The molecule has 0 saturated heterocycles. The van der Waals surface area contributed by atoms with E-state index in [2.05, 4.69) is 4.74 Å². The van der Waals surface area contributed by atoms with Gasteiger partial charge in [0.2, 0.25) is 0 Å². The van der Waals surface area contributed by atoms with Crippen LogP contribution in [0, 0.1) is 41.7 Å². The number of carbonyl (C=O) groups is 1. The molecule has 0 rings (SSSR count). The van der Waals surface area contributed by atoms with Gasteiger partial charge < -0.3 is 9.53 Å². The third-order valence-electron chi connectivity index (χ3n) is 0.235. The molecule has 0 radical (unpaired) electrons. The summed E-state index contributed by atoms with van der Waals surface area (Å²) in [5, 5.41) is 0. The molecular weight excluding hydrogens is 208 g/mol. The van der Waals surface area contributed by atoms with E-state index in [0.29, 0.717) is 6.29 Å². The summed E-state index contributed by atoms with van der Waals surface area (Å²) in [5.74, 6) is 0. The molecule has 0 bridgehead atoms. The van der Waals surface area contributed by atoms with Crippen molar-refractivity contribution in [1.82, 2.24) is 0 Å².